The van der Waals surface area contributed by atoms with Crippen LogP contribution in [0.4, 0.5) is 0 Å². The summed E-state index contributed by atoms with van der Waals surface area (Å²) in [5.41, 5.74) is 0.502. The molecule has 1 rings (SSSR count). The number of ether oxygens (including phenoxy) is 1. The number of carbonyl (C=O) groups excluding carboxylic acids is 1. The van der Waals surface area contributed by atoms with Crippen LogP contribution in [0, 0.1) is 0 Å². The molecule has 0 radical (unpaired) electrons. The summed E-state index contributed by atoms with van der Waals surface area (Å²) < 4.78 is 27.4. The molecule has 0 aliphatic rings. The normalized spacial score (nSPS) is 12.5. The van der Waals surface area contributed by atoms with Gasteiger partial charge in [0.1, 0.15) is 16.6 Å². The van der Waals surface area contributed by atoms with Crippen molar-refractivity contribution in [2.75, 3.05) is 13.4 Å². The minimum absolute atomic E-state index is 0.0274. The highest BCUT2D eigenvalue weighted by Crippen LogP contribution is 2.19. The van der Waals surface area contributed by atoms with Crippen molar-refractivity contribution < 1.29 is 27.9 Å². The van der Waals surface area contributed by atoms with Gasteiger partial charge in [-0.3, -0.25) is 4.79 Å². The number of amides is 1. The monoisotopic (exact) mass is 315 g/mol. The SMILES string of the molecule is COc1ccc(CNC(=O)[C@H](C)S(C)(=O)=O)cc1C(=O)O. The van der Waals surface area contributed by atoms with Crippen LogP contribution in [0.15, 0.2) is 18.2 Å². The van der Waals surface area contributed by atoms with E-state index in [0.29, 0.717) is 5.56 Å². The fraction of sp³-hybridized carbons (Fsp3) is 0.385. The molecule has 8 heteroatoms. The first-order valence-corrected chi connectivity index (χ1v) is 7.99. The van der Waals surface area contributed by atoms with Gasteiger partial charge in [0.05, 0.1) is 7.11 Å². The topological polar surface area (TPSA) is 110 Å². The average molecular weight is 315 g/mol. The summed E-state index contributed by atoms with van der Waals surface area (Å²) in [6.45, 7) is 1.32. The van der Waals surface area contributed by atoms with Gasteiger partial charge in [0.15, 0.2) is 9.84 Å². The van der Waals surface area contributed by atoms with Crippen molar-refractivity contribution in [2.45, 2.75) is 18.7 Å². The van der Waals surface area contributed by atoms with E-state index in [1.807, 2.05) is 0 Å². The number of hydrogen-bond donors (Lipinski definition) is 2. The number of methoxy groups -OCH3 is 1. The fourth-order valence-electron chi connectivity index (χ4n) is 1.56. The fourth-order valence-corrected chi connectivity index (χ4v) is 2.03. The zero-order valence-corrected chi connectivity index (χ0v) is 12.7. The van der Waals surface area contributed by atoms with Crippen molar-refractivity contribution in [2.24, 2.45) is 0 Å². The van der Waals surface area contributed by atoms with Gasteiger partial charge in [0, 0.05) is 12.8 Å². The summed E-state index contributed by atoms with van der Waals surface area (Å²) in [4.78, 5) is 22.7. The number of carbonyl (C=O) groups is 2. The number of rotatable bonds is 6. The minimum Gasteiger partial charge on any atom is -0.496 e. The third-order valence-electron chi connectivity index (χ3n) is 2.97. The highest BCUT2D eigenvalue weighted by atomic mass is 32.2. The Kier molecular flexibility index (Phi) is 5.31. The summed E-state index contributed by atoms with van der Waals surface area (Å²) in [5, 5.41) is 10.3. The number of nitrogens with one attached hydrogen (secondary N) is 1. The van der Waals surface area contributed by atoms with E-state index in [4.69, 9.17) is 9.84 Å². The maximum atomic E-state index is 11.7. The standard InChI is InChI=1S/C13H17NO6S/c1-8(21(3,18)19)12(15)14-7-9-4-5-11(20-2)10(6-9)13(16)17/h4-6,8H,7H2,1-3H3,(H,14,15)(H,16,17)/t8-/m0/s1. The molecule has 0 fully saturated rings. The van der Waals surface area contributed by atoms with Crippen LogP contribution in [0.25, 0.3) is 0 Å². The first kappa shape index (κ1) is 17.0. The van der Waals surface area contributed by atoms with Crippen LogP contribution in [0.3, 0.4) is 0 Å². The van der Waals surface area contributed by atoms with Gasteiger partial charge in [-0.05, 0) is 24.6 Å². The molecular formula is C13H17NO6S. The van der Waals surface area contributed by atoms with Crippen molar-refractivity contribution in [3.8, 4) is 5.75 Å². The molecule has 0 saturated carbocycles. The van der Waals surface area contributed by atoms with E-state index in [1.54, 1.807) is 6.07 Å². The first-order valence-electron chi connectivity index (χ1n) is 6.03. The molecule has 1 aromatic rings. The molecule has 0 spiro atoms. The van der Waals surface area contributed by atoms with E-state index < -0.39 is 27.0 Å². The van der Waals surface area contributed by atoms with Gasteiger partial charge in [-0.25, -0.2) is 13.2 Å². The highest BCUT2D eigenvalue weighted by molar-refractivity contribution is 7.92. The summed E-state index contributed by atoms with van der Waals surface area (Å²) in [6.07, 6.45) is 0.979. The number of sulfone groups is 1. The Morgan fingerprint density at radius 3 is 2.48 bits per heavy atom. The third-order valence-corrected chi connectivity index (χ3v) is 4.47. The summed E-state index contributed by atoms with van der Waals surface area (Å²) in [5.74, 6) is -1.57. The summed E-state index contributed by atoms with van der Waals surface area (Å²) in [7, 11) is -2.11. The minimum atomic E-state index is -3.46. The lowest BCUT2D eigenvalue weighted by molar-refractivity contribution is -0.120. The molecule has 0 aliphatic carbocycles. The molecule has 21 heavy (non-hydrogen) atoms. The van der Waals surface area contributed by atoms with Gasteiger partial charge in [-0.15, -0.1) is 0 Å². The smallest absolute Gasteiger partial charge is 0.339 e. The van der Waals surface area contributed by atoms with Crippen LogP contribution >= 0.6 is 0 Å². The maximum absolute atomic E-state index is 11.7. The Hall–Kier alpha value is -2.09. The third kappa shape index (κ3) is 4.45. The van der Waals surface area contributed by atoms with Gasteiger partial charge in [-0.2, -0.15) is 0 Å². The van der Waals surface area contributed by atoms with Crippen LogP contribution < -0.4 is 10.1 Å². The molecule has 0 saturated heterocycles. The van der Waals surface area contributed by atoms with Gasteiger partial charge in [0.25, 0.3) is 0 Å². The highest BCUT2D eigenvalue weighted by Gasteiger charge is 2.23. The second-order valence-electron chi connectivity index (χ2n) is 4.53. The van der Waals surface area contributed by atoms with Crippen LogP contribution in [0.5, 0.6) is 5.75 Å². The molecular weight excluding hydrogens is 298 g/mol. The molecule has 0 aliphatic heterocycles. The van der Waals surface area contributed by atoms with Gasteiger partial charge >= 0.3 is 5.97 Å². The lowest BCUT2D eigenvalue weighted by Crippen LogP contribution is -2.37. The molecule has 1 amide bonds. The average Bonchev–Trinajstić information content (AvgIpc) is 2.42. The predicted octanol–water partition coefficient (Wildman–Crippen LogP) is 0.443. The predicted molar refractivity (Wildman–Crippen MR) is 76.1 cm³/mol. The Morgan fingerprint density at radius 2 is 2.00 bits per heavy atom. The summed E-state index contributed by atoms with van der Waals surface area (Å²) in [6, 6.07) is 4.44. The quantitative estimate of drug-likeness (QED) is 0.788. The largest absolute Gasteiger partial charge is 0.496 e. The van der Waals surface area contributed by atoms with Crippen molar-refractivity contribution in [1.29, 1.82) is 0 Å². The molecule has 0 aromatic heterocycles. The second kappa shape index (κ2) is 6.57. The van der Waals surface area contributed by atoms with Crippen LogP contribution in [-0.4, -0.2) is 44.0 Å². The maximum Gasteiger partial charge on any atom is 0.339 e. The molecule has 0 heterocycles. The van der Waals surface area contributed by atoms with E-state index in [-0.39, 0.29) is 17.9 Å². The second-order valence-corrected chi connectivity index (χ2v) is 6.90. The van der Waals surface area contributed by atoms with Gasteiger partial charge in [0.2, 0.25) is 5.91 Å². The number of carboxylic acids is 1. The van der Waals surface area contributed by atoms with Crippen molar-refractivity contribution in [3.63, 3.8) is 0 Å². The van der Waals surface area contributed by atoms with E-state index >= 15 is 0 Å². The van der Waals surface area contributed by atoms with Crippen molar-refractivity contribution in [1.82, 2.24) is 5.32 Å². The van der Waals surface area contributed by atoms with Crippen LogP contribution in [0.1, 0.15) is 22.8 Å². The Bertz CT molecular complexity index is 653. The Balaban J connectivity index is 2.84. The Morgan fingerprint density at radius 1 is 1.38 bits per heavy atom. The lowest BCUT2D eigenvalue weighted by atomic mass is 10.1. The summed E-state index contributed by atoms with van der Waals surface area (Å²) >= 11 is 0. The zero-order chi connectivity index (χ0) is 16.2. The number of benzene rings is 1. The molecule has 2 N–H and O–H groups in total. The molecule has 0 bridgehead atoms. The van der Waals surface area contributed by atoms with Gasteiger partial charge in [-0.1, -0.05) is 6.07 Å². The van der Waals surface area contributed by atoms with E-state index in [9.17, 15) is 18.0 Å². The van der Waals surface area contributed by atoms with E-state index in [0.717, 1.165) is 6.26 Å². The molecule has 116 valence electrons. The number of hydrogen-bond acceptors (Lipinski definition) is 5. The molecule has 1 aromatic carbocycles. The van der Waals surface area contributed by atoms with Gasteiger partial charge < -0.3 is 15.2 Å². The van der Waals surface area contributed by atoms with Crippen LogP contribution in [-0.2, 0) is 21.2 Å². The number of aromatic carboxylic acids is 1. The molecule has 7 nitrogen and oxygen atoms in total. The first-order chi connectivity index (χ1) is 9.66. The van der Waals surface area contributed by atoms with Crippen LogP contribution in [0.2, 0.25) is 0 Å². The zero-order valence-electron chi connectivity index (χ0n) is 11.9. The van der Waals surface area contributed by atoms with E-state index in [1.165, 1.54) is 26.2 Å². The Labute approximate surface area is 122 Å². The van der Waals surface area contributed by atoms with Crippen molar-refractivity contribution >= 4 is 21.7 Å². The lowest BCUT2D eigenvalue weighted by Gasteiger charge is -2.11. The number of carboxylic acid groups (broad SMARTS) is 1. The molecule has 1 atom stereocenters. The molecule has 0 unspecified atom stereocenters. The van der Waals surface area contributed by atoms with E-state index in [2.05, 4.69) is 5.32 Å². The van der Waals surface area contributed by atoms with Crippen molar-refractivity contribution in [3.05, 3.63) is 29.3 Å².